The molecular weight excluding hydrogens is 843 g/mol. The Bertz CT molecular complexity index is 3780. The Morgan fingerprint density at radius 2 is 1.19 bits per heavy atom. The smallest absolute Gasteiger partial charge is 0.149 e. The van der Waals surface area contributed by atoms with E-state index in [1.807, 2.05) is 12.3 Å². The van der Waals surface area contributed by atoms with Crippen LogP contribution in [0.15, 0.2) is 180 Å². The van der Waals surface area contributed by atoms with Crippen molar-refractivity contribution in [3.63, 3.8) is 0 Å². The lowest BCUT2D eigenvalue weighted by molar-refractivity contribution is 0.446. The van der Waals surface area contributed by atoms with Crippen molar-refractivity contribution in [1.82, 2.24) is 14.5 Å². The Hall–Kier alpha value is -7.76. The number of phenols is 1. The molecule has 0 radical (unpaired) electrons. The number of phenolic OH excluding ortho intramolecular Hbond substituents is 1. The molecule has 0 saturated carbocycles. The van der Waals surface area contributed by atoms with Gasteiger partial charge in [-0.3, -0.25) is 9.55 Å². The molecule has 0 unspecified atom stereocenters. The zero-order valence-corrected chi connectivity index (χ0v) is 40.9. The molecule has 0 saturated heterocycles. The second-order valence-corrected chi connectivity index (χ2v) is 21.7. The quantitative estimate of drug-likeness (QED) is 0.181. The van der Waals surface area contributed by atoms with Crippen molar-refractivity contribution in [3.8, 4) is 67.5 Å². The number of aromatic hydroxyl groups is 1. The Morgan fingerprint density at radius 1 is 0.493 bits per heavy atom. The summed E-state index contributed by atoms with van der Waals surface area (Å²) >= 11 is 0. The summed E-state index contributed by atoms with van der Waals surface area (Å²) in [5.74, 6) is 0.895. The third-order valence-corrected chi connectivity index (χ3v) is 13.8. The van der Waals surface area contributed by atoms with E-state index in [9.17, 15) is 5.11 Å². The van der Waals surface area contributed by atoms with Gasteiger partial charge >= 0.3 is 0 Å². The minimum Gasteiger partial charge on any atom is -0.507 e. The molecule has 0 bridgehead atoms. The first-order chi connectivity index (χ1) is 33.0. The van der Waals surface area contributed by atoms with Crippen LogP contribution in [0.3, 0.4) is 0 Å². The fraction of sp³-hybridized carbons (Fsp3) is 0.188. The first-order valence-corrected chi connectivity index (χ1v) is 24.0. The summed E-state index contributed by atoms with van der Waals surface area (Å²) in [4.78, 5) is 10.8. The standard InChI is InChI=1S/C64H57N3O2/c1-62(2,3)44-28-29-54(48(36-44)40-21-14-11-15-22-40)67-55-26-18-25-47(58(55)66-61(67)51-37-45(63(4,5)6)38-52(59(51)68)64(7,8)9)49-33-43(53-35-42(31-32-65-53)39-19-12-10-13-20-39)34-50-57-46-24-17-16-23-41(46)27-30-56(57)69-60(49)50/h10-38,68H,1-9H3. The predicted molar refractivity (Wildman–Crippen MR) is 289 cm³/mol. The zero-order chi connectivity index (χ0) is 48.0. The lowest BCUT2D eigenvalue weighted by atomic mass is 9.79. The molecule has 8 aromatic carbocycles. The fourth-order valence-electron chi connectivity index (χ4n) is 9.99. The topological polar surface area (TPSA) is 64.1 Å². The van der Waals surface area contributed by atoms with E-state index in [4.69, 9.17) is 14.4 Å². The van der Waals surface area contributed by atoms with Crippen LogP contribution in [0.5, 0.6) is 5.75 Å². The fourth-order valence-corrected chi connectivity index (χ4v) is 9.99. The summed E-state index contributed by atoms with van der Waals surface area (Å²) in [6, 6.07) is 60.1. The summed E-state index contributed by atoms with van der Waals surface area (Å²) < 4.78 is 9.32. The summed E-state index contributed by atoms with van der Waals surface area (Å²) in [5, 5.41) is 17.0. The number of hydrogen-bond acceptors (Lipinski definition) is 4. The Labute approximate surface area is 404 Å². The van der Waals surface area contributed by atoms with E-state index < -0.39 is 0 Å². The first kappa shape index (κ1) is 43.8. The van der Waals surface area contributed by atoms with E-state index in [2.05, 4.69) is 231 Å². The second-order valence-electron chi connectivity index (χ2n) is 21.7. The summed E-state index contributed by atoms with van der Waals surface area (Å²) in [6.45, 7) is 20.0. The number of benzene rings is 8. The van der Waals surface area contributed by atoms with Crippen LogP contribution in [0.25, 0.3) is 105 Å². The molecule has 5 nitrogen and oxygen atoms in total. The van der Waals surface area contributed by atoms with Gasteiger partial charge in [0.1, 0.15) is 22.7 Å². The third-order valence-electron chi connectivity index (χ3n) is 13.8. The van der Waals surface area contributed by atoms with Gasteiger partial charge in [-0.25, -0.2) is 4.98 Å². The molecule has 3 aromatic heterocycles. The van der Waals surface area contributed by atoms with E-state index in [0.717, 1.165) is 105 Å². The highest BCUT2D eigenvalue weighted by Crippen LogP contribution is 2.48. The van der Waals surface area contributed by atoms with E-state index in [1.54, 1.807) is 0 Å². The first-order valence-electron chi connectivity index (χ1n) is 24.0. The highest BCUT2D eigenvalue weighted by Gasteiger charge is 2.30. The number of fused-ring (bicyclic) bond motifs is 6. The molecule has 0 fully saturated rings. The molecule has 0 aliphatic rings. The van der Waals surface area contributed by atoms with Crippen LogP contribution in [0.4, 0.5) is 0 Å². The van der Waals surface area contributed by atoms with E-state index >= 15 is 0 Å². The van der Waals surface area contributed by atoms with Gasteiger partial charge in [0.25, 0.3) is 0 Å². The van der Waals surface area contributed by atoms with Crippen molar-refractivity contribution in [1.29, 1.82) is 0 Å². The van der Waals surface area contributed by atoms with E-state index in [0.29, 0.717) is 11.4 Å². The Kier molecular flexibility index (Phi) is 10.3. The number of pyridine rings is 1. The van der Waals surface area contributed by atoms with Gasteiger partial charge in [0, 0.05) is 44.8 Å². The highest BCUT2D eigenvalue weighted by atomic mass is 16.3. The molecule has 0 spiro atoms. The van der Waals surface area contributed by atoms with Crippen LogP contribution in [-0.2, 0) is 16.2 Å². The molecule has 340 valence electrons. The lowest BCUT2D eigenvalue weighted by Gasteiger charge is -2.28. The Morgan fingerprint density at radius 3 is 1.91 bits per heavy atom. The number of rotatable bonds is 6. The molecule has 11 aromatic rings. The summed E-state index contributed by atoms with van der Waals surface area (Å²) in [5.41, 5.74) is 15.6. The van der Waals surface area contributed by atoms with Crippen LogP contribution in [0, 0.1) is 0 Å². The van der Waals surface area contributed by atoms with Gasteiger partial charge in [-0.1, -0.05) is 178 Å². The average molecular weight is 900 g/mol. The molecule has 0 amide bonds. The molecule has 0 atom stereocenters. The van der Waals surface area contributed by atoms with Gasteiger partial charge < -0.3 is 9.52 Å². The van der Waals surface area contributed by atoms with Crippen molar-refractivity contribution >= 4 is 43.7 Å². The van der Waals surface area contributed by atoms with Crippen molar-refractivity contribution in [3.05, 3.63) is 193 Å². The number of aromatic nitrogens is 3. The number of para-hydroxylation sites is 1. The normalized spacial score (nSPS) is 12.5. The molecule has 1 N–H and O–H groups in total. The maximum absolute atomic E-state index is 12.7. The molecule has 3 heterocycles. The Balaban J connectivity index is 1.27. The van der Waals surface area contributed by atoms with Gasteiger partial charge in [0.15, 0.2) is 0 Å². The maximum Gasteiger partial charge on any atom is 0.149 e. The maximum atomic E-state index is 12.7. The summed E-state index contributed by atoms with van der Waals surface area (Å²) in [6.07, 6.45) is 1.90. The molecule has 69 heavy (non-hydrogen) atoms. The van der Waals surface area contributed by atoms with E-state index in [1.165, 1.54) is 5.56 Å². The number of furan rings is 1. The van der Waals surface area contributed by atoms with Crippen molar-refractivity contribution in [2.75, 3.05) is 0 Å². The number of nitrogens with zero attached hydrogens (tertiary/aromatic N) is 3. The van der Waals surface area contributed by atoms with Gasteiger partial charge in [-0.15, -0.1) is 0 Å². The van der Waals surface area contributed by atoms with Gasteiger partial charge in [-0.05, 0) is 109 Å². The minimum absolute atomic E-state index is 0.0975. The van der Waals surface area contributed by atoms with Crippen LogP contribution in [-0.4, -0.2) is 19.6 Å². The van der Waals surface area contributed by atoms with Gasteiger partial charge in [0.2, 0.25) is 0 Å². The second kappa shape index (κ2) is 16.2. The largest absolute Gasteiger partial charge is 0.507 e. The molecule has 11 rings (SSSR count). The highest BCUT2D eigenvalue weighted by molar-refractivity contribution is 6.22. The van der Waals surface area contributed by atoms with E-state index in [-0.39, 0.29) is 22.0 Å². The van der Waals surface area contributed by atoms with Crippen molar-refractivity contribution in [2.24, 2.45) is 0 Å². The van der Waals surface area contributed by atoms with Crippen molar-refractivity contribution in [2.45, 2.75) is 78.6 Å². The minimum atomic E-state index is -0.352. The number of hydrogen-bond donors (Lipinski definition) is 1. The van der Waals surface area contributed by atoms with Crippen LogP contribution >= 0.6 is 0 Å². The predicted octanol–water partition coefficient (Wildman–Crippen LogP) is 17.4. The monoisotopic (exact) mass is 899 g/mol. The van der Waals surface area contributed by atoms with Crippen LogP contribution in [0.1, 0.15) is 79.0 Å². The average Bonchev–Trinajstić information content (AvgIpc) is 3.92. The molecule has 0 aliphatic carbocycles. The summed E-state index contributed by atoms with van der Waals surface area (Å²) in [7, 11) is 0. The van der Waals surface area contributed by atoms with Crippen LogP contribution in [0.2, 0.25) is 0 Å². The van der Waals surface area contributed by atoms with Gasteiger partial charge in [-0.2, -0.15) is 0 Å². The van der Waals surface area contributed by atoms with Gasteiger partial charge in [0.05, 0.1) is 28.0 Å². The molecule has 0 aliphatic heterocycles. The molecular formula is C64H57N3O2. The molecule has 5 heteroatoms. The van der Waals surface area contributed by atoms with Crippen molar-refractivity contribution < 1.29 is 9.52 Å². The lowest BCUT2D eigenvalue weighted by Crippen LogP contribution is -2.17. The van der Waals surface area contributed by atoms with Crippen LogP contribution < -0.4 is 0 Å². The zero-order valence-electron chi connectivity index (χ0n) is 40.9. The number of imidazole rings is 1. The third kappa shape index (κ3) is 7.67. The SMILES string of the molecule is CC(C)(C)c1ccc(-n2c(-c3cc(C(C)(C)C)cc(C(C)(C)C)c3O)nc3c(-c4cc(-c5cc(-c6ccccc6)ccn5)cc5c4oc4ccc6ccccc6c45)cccc32)c(-c2ccccc2)c1.